The Morgan fingerprint density at radius 3 is 2.27 bits per heavy atom. The molecule has 1 atom stereocenters. The molecular formula is C31H32N4O7S2. The zero-order chi connectivity index (χ0) is 31.1. The number of para-hydroxylation sites is 1. The van der Waals surface area contributed by atoms with Crippen LogP contribution in [0, 0.1) is 0 Å². The van der Waals surface area contributed by atoms with Crippen molar-refractivity contribution in [2.24, 2.45) is 0 Å². The quantitative estimate of drug-likeness (QED) is 0.0723. The predicted molar refractivity (Wildman–Crippen MR) is 168 cm³/mol. The Kier molecular flexibility index (Phi) is 9.95. The van der Waals surface area contributed by atoms with Gasteiger partial charge >= 0.3 is 18.2 Å². The van der Waals surface area contributed by atoms with Gasteiger partial charge in [0, 0.05) is 17.4 Å². The van der Waals surface area contributed by atoms with E-state index in [1.165, 1.54) is 21.6 Å². The summed E-state index contributed by atoms with van der Waals surface area (Å²) in [5.74, 6) is -0.0599. The van der Waals surface area contributed by atoms with E-state index >= 15 is 0 Å². The molecule has 1 N–H and O–H groups in total. The minimum absolute atomic E-state index is 0.0556. The number of rotatable bonds is 11. The maximum absolute atomic E-state index is 12.9. The number of esters is 1. The van der Waals surface area contributed by atoms with Gasteiger partial charge in [-0.05, 0) is 60.4 Å². The third kappa shape index (κ3) is 7.83. The molecule has 0 radical (unpaired) electrons. The summed E-state index contributed by atoms with van der Waals surface area (Å²) in [7, 11) is 2.69. The molecule has 1 amide bonds. The van der Waals surface area contributed by atoms with E-state index < -0.39 is 29.9 Å². The van der Waals surface area contributed by atoms with E-state index in [9.17, 15) is 14.4 Å². The summed E-state index contributed by atoms with van der Waals surface area (Å²) >= 11 is 0. The predicted octanol–water partition coefficient (Wildman–Crippen LogP) is 5.63. The Balaban J connectivity index is 1.09. The third-order valence-electron chi connectivity index (χ3n) is 6.51. The summed E-state index contributed by atoms with van der Waals surface area (Å²) in [5, 5.41) is 10.4. The molecule has 1 heterocycles. The lowest BCUT2D eigenvalue weighted by molar-refractivity contribution is -0.156. The van der Waals surface area contributed by atoms with Crippen molar-refractivity contribution in [3.8, 4) is 11.1 Å². The van der Waals surface area contributed by atoms with Crippen LogP contribution in [0.5, 0.6) is 0 Å². The van der Waals surface area contributed by atoms with Crippen LogP contribution in [-0.4, -0.2) is 69.7 Å². The second-order valence-electron chi connectivity index (χ2n) is 10.8. The Hall–Kier alpha value is -4.23. The van der Waals surface area contributed by atoms with Crippen molar-refractivity contribution in [3.63, 3.8) is 0 Å². The van der Waals surface area contributed by atoms with E-state index in [4.69, 9.17) is 19.0 Å². The standard InChI is InChI=1S/C31H32N4O7S2/c1-31(2,3)41-28(36)26(19-44-43-17-16-39-30(38)42-35-27-15-9-8-14-25(27)33-34-35)32-29(37)40-18-24-22-12-6-4-10-20(22)21-11-5-7-13-23(21)24/h4-15,24,26H,16-19H2,1-3H3,(H,32,37)/t26-/m0/s1. The van der Waals surface area contributed by atoms with E-state index in [1.807, 2.05) is 36.4 Å². The lowest BCUT2D eigenvalue weighted by Gasteiger charge is -2.24. The Morgan fingerprint density at radius 1 is 0.909 bits per heavy atom. The molecule has 1 aromatic heterocycles. The van der Waals surface area contributed by atoms with Gasteiger partial charge in [0.15, 0.2) is 0 Å². The summed E-state index contributed by atoms with van der Waals surface area (Å²) in [4.78, 5) is 43.9. The highest BCUT2D eigenvalue weighted by Gasteiger charge is 2.31. The number of carbonyl (C=O) groups is 3. The molecule has 0 unspecified atom stereocenters. The van der Waals surface area contributed by atoms with Gasteiger partial charge in [-0.2, -0.15) is 0 Å². The number of carbonyl (C=O) groups excluding carboxylic acids is 3. The number of hydrogen-bond donors (Lipinski definition) is 1. The second kappa shape index (κ2) is 14.0. The summed E-state index contributed by atoms with van der Waals surface area (Å²) in [6, 6.07) is 22.2. The number of nitrogens with zero attached hydrogens (tertiary/aromatic N) is 3. The normalized spacial score (nSPS) is 13.1. The molecule has 0 saturated heterocycles. The fourth-order valence-corrected chi connectivity index (χ4v) is 6.65. The number of nitrogens with one attached hydrogen (secondary N) is 1. The molecule has 0 saturated carbocycles. The number of benzene rings is 3. The molecule has 230 valence electrons. The van der Waals surface area contributed by atoms with E-state index in [2.05, 4.69) is 27.8 Å². The highest BCUT2D eigenvalue weighted by Crippen LogP contribution is 2.44. The van der Waals surface area contributed by atoms with Crippen molar-refractivity contribution < 1.29 is 33.4 Å². The van der Waals surface area contributed by atoms with Crippen molar-refractivity contribution in [2.75, 3.05) is 24.7 Å². The smallest absolute Gasteiger partial charge is 0.458 e. The summed E-state index contributed by atoms with van der Waals surface area (Å²) in [6.07, 6.45) is -1.63. The Labute approximate surface area is 262 Å². The van der Waals surface area contributed by atoms with Gasteiger partial charge in [-0.15, -0.1) is 5.10 Å². The van der Waals surface area contributed by atoms with Crippen LogP contribution in [0.15, 0.2) is 72.8 Å². The summed E-state index contributed by atoms with van der Waals surface area (Å²) in [6.45, 7) is 5.46. The van der Waals surface area contributed by atoms with E-state index in [0.29, 0.717) is 16.8 Å². The number of hydrogen-bond acceptors (Lipinski definition) is 11. The molecule has 11 nitrogen and oxygen atoms in total. The number of aromatic nitrogens is 3. The second-order valence-corrected chi connectivity index (χ2v) is 13.4. The average Bonchev–Trinajstić information content (AvgIpc) is 3.55. The monoisotopic (exact) mass is 636 g/mol. The molecule has 1 aliphatic rings. The van der Waals surface area contributed by atoms with Gasteiger partial charge in [0.25, 0.3) is 0 Å². The zero-order valence-corrected chi connectivity index (χ0v) is 26.1. The van der Waals surface area contributed by atoms with Crippen LogP contribution in [0.25, 0.3) is 22.2 Å². The third-order valence-corrected chi connectivity index (χ3v) is 8.89. The van der Waals surface area contributed by atoms with Crippen LogP contribution in [0.2, 0.25) is 0 Å². The van der Waals surface area contributed by atoms with Crippen LogP contribution in [0.3, 0.4) is 0 Å². The van der Waals surface area contributed by atoms with Gasteiger partial charge in [-0.3, -0.25) is 4.84 Å². The first-order chi connectivity index (χ1) is 21.2. The molecule has 0 bridgehead atoms. The van der Waals surface area contributed by atoms with Crippen molar-refractivity contribution in [1.82, 2.24) is 20.5 Å². The van der Waals surface area contributed by atoms with Gasteiger partial charge in [0.2, 0.25) is 0 Å². The SMILES string of the molecule is CC(C)(C)OC(=O)[C@H](CSSCCOC(=O)On1nnc2ccccc21)NC(=O)OCC1c2ccccc2-c2ccccc21. The molecule has 3 aromatic carbocycles. The van der Waals surface area contributed by atoms with Gasteiger partial charge in [0.1, 0.15) is 35.9 Å². The van der Waals surface area contributed by atoms with E-state index in [-0.39, 0.29) is 24.9 Å². The molecule has 0 fully saturated rings. The van der Waals surface area contributed by atoms with Crippen LogP contribution < -0.4 is 10.2 Å². The number of fused-ring (bicyclic) bond motifs is 4. The van der Waals surface area contributed by atoms with Crippen LogP contribution in [0.1, 0.15) is 37.8 Å². The molecule has 1 aliphatic carbocycles. The van der Waals surface area contributed by atoms with E-state index in [0.717, 1.165) is 27.1 Å². The fraction of sp³-hybridized carbons (Fsp3) is 0.323. The Morgan fingerprint density at radius 2 is 1.57 bits per heavy atom. The van der Waals surface area contributed by atoms with Crippen molar-refractivity contribution in [1.29, 1.82) is 0 Å². The fourth-order valence-electron chi connectivity index (χ4n) is 4.67. The molecule has 44 heavy (non-hydrogen) atoms. The molecule has 4 aromatic rings. The topological polar surface area (TPSA) is 131 Å². The number of ether oxygens (including phenoxy) is 3. The minimum atomic E-state index is -0.950. The average molecular weight is 637 g/mol. The largest absolute Gasteiger partial charge is 0.535 e. The lowest BCUT2D eigenvalue weighted by atomic mass is 9.98. The van der Waals surface area contributed by atoms with Crippen molar-refractivity contribution >= 4 is 50.8 Å². The van der Waals surface area contributed by atoms with Crippen LogP contribution in [-0.2, 0) is 19.0 Å². The van der Waals surface area contributed by atoms with Gasteiger partial charge < -0.3 is 19.5 Å². The summed E-state index contributed by atoms with van der Waals surface area (Å²) in [5.41, 5.74) is 4.82. The van der Waals surface area contributed by atoms with Gasteiger partial charge in [-0.25, -0.2) is 14.4 Å². The Bertz CT molecular complexity index is 1590. The van der Waals surface area contributed by atoms with E-state index in [1.54, 1.807) is 45.0 Å². The van der Waals surface area contributed by atoms with Crippen LogP contribution in [0.4, 0.5) is 9.59 Å². The number of amides is 1. The van der Waals surface area contributed by atoms with Gasteiger partial charge in [0.05, 0.1) is 0 Å². The minimum Gasteiger partial charge on any atom is -0.458 e. The first-order valence-corrected chi connectivity index (χ1v) is 16.4. The first kappa shape index (κ1) is 31.2. The molecule has 13 heteroatoms. The van der Waals surface area contributed by atoms with Crippen molar-refractivity contribution in [3.05, 3.63) is 83.9 Å². The maximum atomic E-state index is 12.9. The zero-order valence-electron chi connectivity index (χ0n) is 24.4. The highest BCUT2D eigenvalue weighted by atomic mass is 33.1. The van der Waals surface area contributed by atoms with Gasteiger partial charge in [-0.1, -0.05) is 87.1 Å². The lowest BCUT2D eigenvalue weighted by Crippen LogP contribution is -2.46. The van der Waals surface area contributed by atoms with Crippen LogP contribution >= 0.6 is 21.6 Å². The molecule has 0 aliphatic heterocycles. The highest BCUT2D eigenvalue weighted by molar-refractivity contribution is 8.76. The van der Waals surface area contributed by atoms with Crippen molar-refractivity contribution in [2.45, 2.75) is 38.3 Å². The number of alkyl carbamates (subject to hydrolysis) is 1. The summed E-state index contributed by atoms with van der Waals surface area (Å²) < 4.78 is 16.3. The molecular weight excluding hydrogens is 604 g/mol. The first-order valence-electron chi connectivity index (χ1n) is 13.9. The maximum Gasteiger partial charge on any atom is 0.535 e. The molecule has 5 rings (SSSR count). The molecule has 0 spiro atoms.